The molecule has 0 aromatic heterocycles. The summed E-state index contributed by atoms with van der Waals surface area (Å²) in [5.74, 6) is -0.888. The van der Waals surface area contributed by atoms with E-state index in [0.717, 1.165) is 45.1 Å². The van der Waals surface area contributed by atoms with Gasteiger partial charge in [-0.15, -0.1) is 0 Å². The lowest BCUT2D eigenvalue weighted by Gasteiger charge is -2.41. The van der Waals surface area contributed by atoms with Gasteiger partial charge in [0.2, 0.25) is 0 Å². The molecule has 0 aromatic carbocycles. The van der Waals surface area contributed by atoms with Gasteiger partial charge in [-0.2, -0.15) is 0 Å². The quantitative estimate of drug-likeness (QED) is 0.726. The van der Waals surface area contributed by atoms with Crippen LogP contribution in [0, 0.1) is 11.8 Å². The minimum absolute atomic E-state index is 0.0310. The molecular weight excluding hydrogens is 310 g/mol. The summed E-state index contributed by atoms with van der Waals surface area (Å²) in [4.78, 5) is 26.3. The third-order valence-electron chi connectivity index (χ3n) is 6.68. The first-order valence-corrected chi connectivity index (χ1v) is 9.31. The third-order valence-corrected chi connectivity index (χ3v) is 6.68. The predicted molar refractivity (Wildman–Crippen MR) is 85.0 cm³/mol. The first-order chi connectivity index (χ1) is 11.4. The number of hydrogen-bond donors (Lipinski definition) is 1. The van der Waals surface area contributed by atoms with Crippen molar-refractivity contribution < 1.29 is 24.2 Å². The van der Waals surface area contributed by atoms with Crippen molar-refractivity contribution in [3.63, 3.8) is 0 Å². The lowest BCUT2D eigenvalue weighted by Crippen LogP contribution is -2.57. The van der Waals surface area contributed by atoms with Gasteiger partial charge in [-0.3, -0.25) is 14.5 Å². The molecule has 0 radical (unpaired) electrons. The molecule has 0 aliphatic carbocycles. The summed E-state index contributed by atoms with van der Waals surface area (Å²) in [6.07, 6.45) is 4.43. The monoisotopic (exact) mass is 337 g/mol. The zero-order valence-corrected chi connectivity index (χ0v) is 14.4. The van der Waals surface area contributed by atoms with Crippen LogP contribution in [-0.2, 0) is 19.1 Å². The van der Waals surface area contributed by atoms with Gasteiger partial charge in [-0.1, -0.05) is 6.92 Å². The number of carbonyl (C=O) groups is 2. The lowest BCUT2D eigenvalue weighted by molar-refractivity contribution is -0.160. The van der Waals surface area contributed by atoms with E-state index in [2.05, 4.69) is 4.90 Å². The molecular formula is C18H27NO5. The molecule has 134 valence electrons. The van der Waals surface area contributed by atoms with Crippen LogP contribution in [0.2, 0.25) is 0 Å². The SMILES string of the molecule is C[C@H]1C[C@@H]([C@@H]2CC[C@H]3N2CCCC[C@]32OC(=O)[C@H](C)[C@H]2O)OC1=O. The van der Waals surface area contributed by atoms with E-state index in [9.17, 15) is 14.7 Å². The van der Waals surface area contributed by atoms with Crippen LogP contribution >= 0.6 is 0 Å². The van der Waals surface area contributed by atoms with Gasteiger partial charge in [-0.25, -0.2) is 0 Å². The molecule has 0 aromatic rings. The van der Waals surface area contributed by atoms with Gasteiger partial charge in [0.05, 0.1) is 17.9 Å². The van der Waals surface area contributed by atoms with E-state index in [1.165, 1.54) is 0 Å². The van der Waals surface area contributed by atoms with Crippen molar-refractivity contribution in [3.05, 3.63) is 0 Å². The second-order valence-electron chi connectivity index (χ2n) is 8.08. The number of fused-ring (bicyclic) bond motifs is 2. The molecule has 0 unspecified atom stereocenters. The maximum atomic E-state index is 12.1. The fourth-order valence-electron chi connectivity index (χ4n) is 5.35. The smallest absolute Gasteiger partial charge is 0.312 e. The largest absolute Gasteiger partial charge is 0.460 e. The zero-order chi connectivity index (χ0) is 17.1. The summed E-state index contributed by atoms with van der Waals surface area (Å²) in [6.45, 7) is 4.59. The number of hydrogen-bond acceptors (Lipinski definition) is 6. The van der Waals surface area contributed by atoms with Crippen LogP contribution < -0.4 is 0 Å². The van der Waals surface area contributed by atoms with E-state index >= 15 is 0 Å². The van der Waals surface area contributed by atoms with Crippen LogP contribution in [0.3, 0.4) is 0 Å². The number of nitrogens with zero attached hydrogens (tertiary/aromatic N) is 1. The fraction of sp³-hybridized carbons (Fsp3) is 0.889. The molecule has 4 rings (SSSR count). The molecule has 0 amide bonds. The third kappa shape index (κ3) is 2.22. The molecule has 4 aliphatic heterocycles. The highest BCUT2D eigenvalue weighted by Gasteiger charge is 2.62. The number of cyclic esters (lactones) is 1. The van der Waals surface area contributed by atoms with Crippen molar-refractivity contribution in [1.82, 2.24) is 4.90 Å². The average molecular weight is 337 g/mol. The van der Waals surface area contributed by atoms with E-state index in [1.807, 2.05) is 6.92 Å². The molecule has 0 saturated carbocycles. The van der Waals surface area contributed by atoms with Gasteiger partial charge in [0.1, 0.15) is 12.2 Å². The maximum Gasteiger partial charge on any atom is 0.312 e. The Labute approximate surface area is 142 Å². The number of aliphatic hydroxyl groups excluding tert-OH is 1. The van der Waals surface area contributed by atoms with Gasteiger partial charge in [0.15, 0.2) is 5.60 Å². The van der Waals surface area contributed by atoms with E-state index in [4.69, 9.17) is 9.47 Å². The summed E-state index contributed by atoms with van der Waals surface area (Å²) in [6, 6.07) is 0.212. The van der Waals surface area contributed by atoms with Crippen molar-refractivity contribution >= 4 is 11.9 Å². The summed E-state index contributed by atoms with van der Waals surface area (Å²) in [7, 11) is 0. The van der Waals surface area contributed by atoms with Gasteiger partial charge in [0.25, 0.3) is 0 Å². The second kappa shape index (κ2) is 5.70. The minimum atomic E-state index is -0.782. The van der Waals surface area contributed by atoms with Crippen molar-refractivity contribution in [2.24, 2.45) is 11.8 Å². The Bertz CT molecular complexity index is 552. The van der Waals surface area contributed by atoms with E-state index in [0.29, 0.717) is 0 Å². The Morgan fingerprint density at radius 3 is 2.58 bits per heavy atom. The van der Waals surface area contributed by atoms with E-state index < -0.39 is 17.6 Å². The molecule has 6 heteroatoms. The lowest BCUT2D eigenvalue weighted by atomic mass is 9.80. The zero-order valence-electron chi connectivity index (χ0n) is 14.4. The fourth-order valence-corrected chi connectivity index (χ4v) is 5.35. The van der Waals surface area contributed by atoms with Gasteiger partial charge in [0, 0.05) is 6.04 Å². The van der Waals surface area contributed by atoms with Crippen molar-refractivity contribution in [2.75, 3.05) is 6.54 Å². The second-order valence-corrected chi connectivity index (χ2v) is 8.08. The number of ether oxygens (including phenoxy) is 2. The maximum absolute atomic E-state index is 12.1. The van der Waals surface area contributed by atoms with Crippen molar-refractivity contribution in [3.8, 4) is 0 Å². The predicted octanol–water partition coefficient (Wildman–Crippen LogP) is 1.25. The molecule has 4 aliphatic rings. The van der Waals surface area contributed by atoms with Crippen LogP contribution in [0.1, 0.15) is 52.4 Å². The summed E-state index contributed by atoms with van der Waals surface area (Å²) >= 11 is 0. The van der Waals surface area contributed by atoms with Crippen LogP contribution in [-0.4, -0.2) is 58.4 Å². The highest BCUT2D eigenvalue weighted by atomic mass is 16.6. The highest BCUT2D eigenvalue weighted by Crippen LogP contribution is 2.48. The molecule has 7 atom stereocenters. The Balaban J connectivity index is 1.61. The molecule has 6 nitrogen and oxygen atoms in total. The molecule has 24 heavy (non-hydrogen) atoms. The molecule has 4 fully saturated rings. The van der Waals surface area contributed by atoms with E-state index in [-0.39, 0.29) is 36.0 Å². The van der Waals surface area contributed by atoms with E-state index in [1.54, 1.807) is 6.92 Å². The number of carbonyl (C=O) groups excluding carboxylic acids is 2. The minimum Gasteiger partial charge on any atom is -0.460 e. The summed E-state index contributed by atoms with van der Waals surface area (Å²) in [5.41, 5.74) is -0.782. The van der Waals surface area contributed by atoms with Gasteiger partial charge in [-0.05, 0) is 52.0 Å². The van der Waals surface area contributed by atoms with Gasteiger partial charge < -0.3 is 14.6 Å². The number of aliphatic hydroxyl groups is 1. The average Bonchev–Trinajstić information content (AvgIpc) is 3.13. The molecule has 1 N–H and O–H groups in total. The molecule has 0 bridgehead atoms. The Morgan fingerprint density at radius 1 is 1.17 bits per heavy atom. The summed E-state index contributed by atoms with van der Waals surface area (Å²) in [5, 5.41) is 10.8. The highest BCUT2D eigenvalue weighted by molar-refractivity contribution is 5.76. The van der Waals surface area contributed by atoms with Crippen LogP contribution in [0.15, 0.2) is 0 Å². The normalized spacial score (nSPS) is 49.1. The van der Waals surface area contributed by atoms with Crippen molar-refractivity contribution in [2.45, 2.75) is 82.3 Å². The first-order valence-electron chi connectivity index (χ1n) is 9.31. The van der Waals surface area contributed by atoms with Crippen LogP contribution in [0.5, 0.6) is 0 Å². The molecule has 1 spiro atoms. The molecule has 4 heterocycles. The number of rotatable bonds is 1. The first kappa shape index (κ1) is 16.3. The topological polar surface area (TPSA) is 76.1 Å². The van der Waals surface area contributed by atoms with Crippen molar-refractivity contribution in [1.29, 1.82) is 0 Å². The summed E-state index contributed by atoms with van der Waals surface area (Å²) < 4.78 is 11.4. The number of esters is 2. The Morgan fingerprint density at radius 2 is 1.96 bits per heavy atom. The Kier molecular flexibility index (Phi) is 3.88. The molecule has 4 saturated heterocycles. The standard InChI is InChI=1S/C18H27NO5/c1-10-9-13(23-16(10)21)12-5-6-14-18(7-3-4-8-19(12)14)15(20)11(2)17(22)24-18/h10-15,20H,3-9H2,1-2H3/t10-,11+,12-,13-,14+,15+,18-/m0/s1. The Hall–Kier alpha value is -1.14. The van der Waals surface area contributed by atoms with Crippen LogP contribution in [0.25, 0.3) is 0 Å². The van der Waals surface area contributed by atoms with Crippen LogP contribution in [0.4, 0.5) is 0 Å². The van der Waals surface area contributed by atoms with Gasteiger partial charge >= 0.3 is 11.9 Å².